The zero-order chi connectivity index (χ0) is 27.4. The molecule has 1 amide bonds. The molecule has 2 aliphatic heterocycles. The third-order valence-corrected chi connectivity index (χ3v) is 7.31. The molecule has 1 aromatic carbocycles. The quantitative estimate of drug-likeness (QED) is 0.507. The van der Waals surface area contributed by atoms with Crippen LogP contribution in [0.25, 0.3) is 22.2 Å². The minimum Gasteiger partial charge on any atom is -0.496 e. The van der Waals surface area contributed by atoms with Gasteiger partial charge in [-0.2, -0.15) is 5.10 Å². The number of fused-ring (bicyclic) bond motifs is 3. The third-order valence-electron chi connectivity index (χ3n) is 7.31. The van der Waals surface area contributed by atoms with Crippen molar-refractivity contribution in [1.29, 1.82) is 0 Å². The smallest absolute Gasteiger partial charge is 0.410 e. The van der Waals surface area contributed by atoms with Gasteiger partial charge in [0, 0.05) is 25.5 Å². The van der Waals surface area contributed by atoms with Gasteiger partial charge < -0.3 is 14.4 Å². The first-order chi connectivity index (χ1) is 18.0. The number of methoxy groups -OCH3 is 1. The second-order valence-corrected chi connectivity index (χ2v) is 10.9. The summed E-state index contributed by atoms with van der Waals surface area (Å²) in [6.07, 6.45) is 3.19. The summed E-state index contributed by atoms with van der Waals surface area (Å²) in [7, 11) is 4.85. The van der Waals surface area contributed by atoms with Gasteiger partial charge in [-0.05, 0) is 52.2 Å². The van der Waals surface area contributed by atoms with E-state index in [0.29, 0.717) is 46.6 Å². The van der Waals surface area contributed by atoms with E-state index in [9.17, 15) is 9.59 Å². The first-order valence-electron chi connectivity index (χ1n) is 12.6. The van der Waals surface area contributed by atoms with E-state index in [-0.39, 0.29) is 11.6 Å². The van der Waals surface area contributed by atoms with Gasteiger partial charge in [-0.25, -0.2) is 18.9 Å². The lowest BCUT2D eigenvalue weighted by Crippen LogP contribution is -2.59. The van der Waals surface area contributed by atoms with Crippen molar-refractivity contribution in [2.45, 2.75) is 69.9 Å². The van der Waals surface area contributed by atoms with E-state index < -0.39 is 29.9 Å². The van der Waals surface area contributed by atoms with Crippen molar-refractivity contribution < 1.29 is 18.7 Å². The molecule has 0 aliphatic carbocycles. The maximum absolute atomic E-state index is 15.8. The minimum atomic E-state index is -1.27. The number of halogens is 1. The van der Waals surface area contributed by atoms with E-state index in [1.807, 2.05) is 0 Å². The number of anilines is 1. The topological polar surface area (TPSA) is 116 Å². The van der Waals surface area contributed by atoms with Crippen LogP contribution in [0.15, 0.2) is 29.3 Å². The Hall–Kier alpha value is -3.83. The predicted molar refractivity (Wildman–Crippen MR) is 139 cm³/mol. The number of amides is 1. The van der Waals surface area contributed by atoms with Gasteiger partial charge in [0.25, 0.3) is 5.56 Å². The van der Waals surface area contributed by atoms with Gasteiger partial charge in [0.2, 0.25) is 0 Å². The molecule has 12 heteroatoms. The molecular weight excluding hydrogens is 493 g/mol. The monoisotopic (exact) mass is 525 g/mol. The molecule has 2 saturated heterocycles. The van der Waals surface area contributed by atoms with Crippen molar-refractivity contribution in [2.75, 3.05) is 19.1 Å². The lowest BCUT2D eigenvalue weighted by Gasteiger charge is -2.44. The Kier molecular flexibility index (Phi) is 6.44. The van der Waals surface area contributed by atoms with Gasteiger partial charge in [-0.15, -0.1) is 10.2 Å². The van der Waals surface area contributed by atoms with Gasteiger partial charge in [0.15, 0.2) is 11.6 Å². The number of carbonyl (C=O) groups excluding carboxylic acids is 1. The van der Waals surface area contributed by atoms with Gasteiger partial charge in [-0.1, -0.05) is 0 Å². The normalized spacial score (nSPS) is 23.0. The van der Waals surface area contributed by atoms with Gasteiger partial charge >= 0.3 is 6.09 Å². The fourth-order valence-corrected chi connectivity index (χ4v) is 5.42. The number of rotatable bonds is 4. The van der Waals surface area contributed by atoms with Crippen LogP contribution >= 0.6 is 0 Å². The number of alkyl halides is 1. The average Bonchev–Trinajstić information content (AvgIpc) is 3.23. The lowest BCUT2D eigenvalue weighted by molar-refractivity contribution is -0.0104. The fourth-order valence-electron chi connectivity index (χ4n) is 5.42. The summed E-state index contributed by atoms with van der Waals surface area (Å²) in [6, 6.07) is 2.26. The highest BCUT2D eigenvalue weighted by Crippen LogP contribution is 2.41. The van der Waals surface area contributed by atoms with Crippen molar-refractivity contribution in [3.8, 4) is 17.1 Å². The molecule has 4 atom stereocenters. The molecule has 11 nitrogen and oxygen atoms in total. The Bertz CT molecular complexity index is 1420. The summed E-state index contributed by atoms with van der Waals surface area (Å²) >= 11 is 0. The van der Waals surface area contributed by atoms with Gasteiger partial charge in [0.1, 0.15) is 17.5 Å². The van der Waals surface area contributed by atoms with Crippen LogP contribution < -0.4 is 15.2 Å². The molecule has 2 bridgehead atoms. The Labute approximate surface area is 219 Å². The van der Waals surface area contributed by atoms with Crippen LogP contribution in [0.5, 0.6) is 5.75 Å². The van der Waals surface area contributed by atoms with E-state index in [1.54, 1.807) is 69.2 Å². The zero-order valence-electron chi connectivity index (χ0n) is 22.4. The largest absolute Gasteiger partial charge is 0.496 e. The van der Waals surface area contributed by atoms with E-state index in [1.165, 1.54) is 11.8 Å². The molecular formula is C26H32FN7O4. The predicted octanol–water partition coefficient (Wildman–Crippen LogP) is 3.11. The standard InChI is InChI=1S/C26H32FN7O4/c1-26(2,3)38-25(36)34-15-7-8-18(34)22(27)19(10-15)32(4)21-13-28-23(31-30-21)17-9-14-12-29-33(5)24(35)16(14)11-20(17)37-6/h9,11-13,15,18-19,22H,7-8,10H2,1-6H3/t15-,18+,19-,22+/m1/s1. The SMILES string of the molecule is COc1cc2c(=O)n(C)ncc2cc1-c1ncc(N(C)[C@@H]2C[C@H]3CC[C@@H]([C@@H]2F)N3C(=O)OC(C)(C)C)nn1. The average molecular weight is 526 g/mol. The first-order valence-corrected chi connectivity index (χ1v) is 12.6. The van der Waals surface area contributed by atoms with Crippen LogP contribution in [0.4, 0.5) is 15.0 Å². The molecule has 0 N–H and O–H groups in total. The molecule has 2 aromatic heterocycles. The molecule has 0 radical (unpaired) electrons. The minimum absolute atomic E-state index is 0.0994. The van der Waals surface area contributed by atoms with Gasteiger partial charge in [0.05, 0.1) is 42.5 Å². The number of aryl methyl sites for hydroxylation is 1. The molecule has 2 aliphatic rings. The maximum atomic E-state index is 15.8. The number of benzene rings is 1. The van der Waals surface area contributed by atoms with E-state index in [4.69, 9.17) is 9.47 Å². The summed E-state index contributed by atoms with van der Waals surface area (Å²) < 4.78 is 28.1. The molecule has 5 rings (SSSR count). The first kappa shape index (κ1) is 25.8. The maximum Gasteiger partial charge on any atom is 0.410 e. The van der Waals surface area contributed by atoms with Crippen molar-refractivity contribution >= 4 is 22.7 Å². The molecule has 202 valence electrons. The van der Waals surface area contributed by atoms with Crippen LogP contribution in [0.1, 0.15) is 40.0 Å². The van der Waals surface area contributed by atoms with Crippen LogP contribution in [0.3, 0.4) is 0 Å². The van der Waals surface area contributed by atoms with Crippen LogP contribution in [0, 0.1) is 0 Å². The molecule has 0 saturated carbocycles. The van der Waals surface area contributed by atoms with Crippen molar-refractivity contribution in [3.05, 3.63) is 34.9 Å². The van der Waals surface area contributed by atoms with E-state index in [0.717, 1.165) is 6.42 Å². The molecule has 0 unspecified atom stereocenters. The van der Waals surface area contributed by atoms with Gasteiger partial charge in [-0.3, -0.25) is 9.69 Å². The van der Waals surface area contributed by atoms with Crippen LogP contribution in [-0.4, -0.2) is 80.0 Å². The molecule has 4 heterocycles. The third kappa shape index (κ3) is 4.52. The highest BCUT2D eigenvalue weighted by atomic mass is 19.1. The number of hydrogen-bond donors (Lipinski definition) is 0. The fraction of sp³-hybridized carbons (Fsp3) is 0.538. The number of hydrogen-bond acceptors (Lipinski definition) is 9. The zero-order valence-corrected chi connectivity index (χ0v) is 22.4. The number of piperidine rings is 1. The number of ether oxygens (including phenoxy) is 2. The van der Waals surface area contributed by atoms with Crippen molar-refractivity contribution in [2.24, 2.45) is 7.05 Å². The summed E-state index contributed by atoms with van der Waals surface area (Å²) in [5.74, 6) is 1.15. The number of carbonyl (C=O) groups is 1. The Morgan fingerprint density at radius 2 is 1.95 bits per heavy atom. The second kappa shape index (κ2) is 9.48. The molecule has 3 aromatic rings. The van der Waals surface area contributed by atoms with E-state index >= 15 is 4.39 Å². The Morgan fingerprint density at radius 3 is 2.61 bits per heavy atom. The second-order valence-electron chi connectivity index (χ2n) is 10.9. The van der Waals surface area contributed by atoms with Crippen LogP contribution in [0.2, 0.25) is 0 Å². The summed E-state index contributed by atoms with van der Waals surface area (Å²) in [6.45, 7) is 5.42. The summed E-state index contributed by atoms with van der Waals surface area (Å²) in [5, 5.41) is 13.8. The molecule has 0 spiro atoms. The molecule has 2 fully saturated rings. The van der Waals surface area contributed by atoms with Crippen molar-refractivity contribution in [3.63, 3.8) is 0 Å². The van der Waals surface area contributed by atoms with Crippen molar-refractivity contribution in [1.82, 2.24) is 29.9 Å². The highest BCUT2D eigenvalue weighted by molar-refractivity contribution is 5.88. The number of aromatic nitrogens is 5. The Morgan fingerprint density at radius 1 is 1.18 bits per heavy atom. The van der Waals surface area contributed by atoms with Crippen LogP contribution in [-0.2, 0) is 11.8 Å². The Balaban J connectivity index is 1.37. The summed E-state index contributed by atoms with van der Waals surface area (Å²) in [5.41, 5.74) is -0.321. The van der Waals surface area contributed by atoms with E-state index in [2.05, 4.69) is 20.3 Å². The number of nitrogens with zero attached hydrogens (tertiary/aromatic N) is 7. The molecule has 38 heavy (non-hydrogen) atoms. The highest BCUT2D eigenvalue weighted by Gasteiger charge is 2.52. The summed E-state index contributed by atoms with van der Waals surface area (Å²) in [4.78, 5) is 33.0. The lowest BCUT2D eigenvalue weighted by atomic mass is 9.94.